The molecule has 0 unspecified atom stereocenters. The highest BCUT2D eigenvalue weighted by atomic mass is 35.5. The van der Waals surface area contributed by atoms with E-state index in [-0.39, 0.29) is 27.9 Å². The van der Waals surface area contributed by atoms with E-state index in [1.165, 1.54) is 12.1 Å². The zero-order valence-electron chi connectivity index (χ0n) is 9.07. The molecule has 0 bridgehead atoms. The molecule has 0 radical (unpaired) electrons. The van der Waals surface area contributed by atoms with E-state index in [4.69, 9.17) is 28.3 Å². The van der Waals surface area contributed by atoms with Crippen LogP contribution in [-0.4, -0.2) is 23.8 Å². The number of nitrogens with one attached hydrogen (secondary N) is 1. The molecule has 0 aromatic heterocycles. The molecule has 0 spiro atoms. The minimum atomic E-state index is -1.22. The molecule has 2 N–H and O–H groups in total. The Labute approximate surface area is 113 Å². The first-order chi connectivity index (χ1) is 8.45. The molecule has 96 valence electrons. The van der Waals surface area contributed by atoms with Crippen LogP contribution in [0.15, 0.2) is 24.8 Å². The maximum atomic E-state index is 11.3. The Bertz CT molecular complexity index is 502. The third kappa shape index (κ3) is 3.65. The van der Waals surface area contributed by atoms with Crippen LogP contribution in [0.25, 0.3) is 0 Å². The zero-order chi connectivity index (χ0) is 13.7. The van der Waals surface area contributed by atoms with Crippen molar-refractivity contribution in [2.45, 2.75) is 0 Å². The quantitative estimate of drug-likeness (QED) is 0.833. The number of carboxylic acids is 1. The predicted octanol–water partition coefficient (Wildman–Crippen LogP) is 3.43. The summed E-state index contributed by atoms with van der Waals surface area (Å²) in [6, 6.07) is 2.39. The summed E-state index contributed by atoms with van der Waals surface area (Å²) in [6.45, 7) is 3.41. The fraction of sp³-hybridized carbons (Fsp3) is 0.0909. The van der Waals surface area contributed by atoms with Gasteiger partial charge >= 0.3 is 12.1 Å². The van der Waals surface area contributed by atoms with Crippen LogP contribution >= 0.6 is 23.2 Å². The first-order valence-electron chi connectivity index (χ1n) is 4.72. The molecule has 0 saturated heterocycles. The lowest BCUT2D eigenvalue weighted by atomic mass is 10.2. The van der Waals surface area contributed by atoms with Crippen LogP contribution in [0.1, 0.15) is 10.4 Å². The van der Waals surface area contributed by atoms with Gasteiger partial charge in [0.05, 0.1) is 21.3 Å². The van der Waals surface area contributed by atoms with E-state index >= 15 is 0 Å². The lowest BCUT2D eigenvalue weighted by Crippen LogP contribution is -2.14. The van der Waals surface area contributed by atoms with Gasteiger partial charge in [-0.05, 0) is 12.1 Å². The standard InChI is InChI=1S/C11H9Cl2NO4/c1-2-3-18-11(17)14-9-4-6(10(15)16)7(12)5-8(9)13/h2,4-5H,1,3H2,(H,14,17)(H,15,16). The van der Waals surface area contributed by atoms with Gasteiger partial charge in [0, 0.05) is 0 Å². The van der Waals surface area contributed by atoms with Crippen molar-refractivity contribution in [3.05, 3.63) is 40.4 Å². The molecule has 0 fully saturated rings. The average Bonchev–Trinajstić information content (AvgIpc) is 2.29. The largest absolute Gasteiger partial charge is 0.478 e. The van der Waals surface area contributed by atoms with Crippen molar-refractivity contribution in [2.24, 2.45) is 0 Å². The van der Waals surface area contributed by atoms with Gasteiger partial charge in [0.2, 0.25) is 0 Å². The summed E-state index contributed by atoms with van der Waals surface area (Å²) in [5.41, 5.74) is -0.0624. The second-order valence-electron chi connectivity index (χ2n) is 3.13. The molecule has 0 heterocycles. The second-order valence-corrected chi connectivity index (χ2v) is 3.94. The van der Waals surface area contributed by atoms with E-state index in [0.717, 1.165) is 6.07 Å². The Morgan fingerprint density at radius 3 is 2.61 bits per heavy atom. The van der Waals surface area contributed by atoms with Crippen molar-refractivity contribution in [1.29, 1.82) is 0 Å². The van der Waals surface area contributed by atoms with Gasteiger partial charge in [-0.25, -0.2) is 9.59 Å². The van der Waals surface area contributed by atoms with E-state index in [2.05, 4.69) is 16.6 Å². The summed E-state index contributed by atoms with van der Waals surface area (Å²) < 4.78 is 4.67. The molecule has 0 aliphatic carbocycles. The molecule has 1 aromatic rings. The molecule has 1 rings (SSSR count). The molecule has 5 nitrogen and oxygen atoms in total. The van der Waals surface area contributed by atoms with Crippen LogP contribution < -0.4 is 5.32 Å². The van der Waals surface area contributed by atoms with Crippen molar-refractivity contribution < 1.29 is 19.4 Å². The molecule has 18 heavy (non-hydrogen) atoms. The van der Waals surface area contributed by atoms with Crippen LogP contribution in [0.2, 0.25) is 10.0 Å². The summed E-state index contributed by atoms with van der Waals surface area (Å²) >= 11 is 11.5. The molecule has 0 aliphatic heterocycles. The number of rotatable bonds is 4. The second kappa shape index (κ2) is 6.28. The molecular weight excluding hydrogens is 281 g/mol. The van der Waals surface area contributed by atoms with Crippen molar-refractivity contribution >= 4 is 41.0 Å². The van der Waals surface area contributed by atoms with Gasteiger partial charge in [-0.1, -0.05) is 35.9 Å². The zero-order valence-corrected chi connectivity index (χ0v) is 10.6. The first-order valence-corrected chi connectivity index (χ1v) is 5.48. The molecule has 0 atom stereocenters. The summed E-state index contributed by atoms with van der Waals surface area (Å²) in [5.74, 6) is -1.22. The normalized spacial score (nSPS) is 9.67. The minimum absolute atomic E-state index is 0.0162. The number of carbonyl (C=O) groups is 2. The third-order valence-corrected chi connectivity index (χ3v) is 2.48. The minimum Gasteiger partial charge on any atom is -0.478 e. The number of carbonyl (C=O) groups excluding carboxylic acids is 1. The maximum absolute atomic E-state index is 11.3. The van der Waals surface area contributed by atoms with Gasteiger partial charge < -0.3 is 9.84 Å². The highest BCUT2D eigenvalue weighted by Gasteiger charge is 2.14. The van der Waals surface area contributed by atoms with Gasteiger partial charge in [-0.3, -0.25) is 5.32 Å². The molecule has 0 aliphatic rings. The van der Waals surface area contributed by atoms with Gasteiger partial charge in [0.15, 0.2) is 0 Å². The fourth-order valence-electron chi connectivity index (χ4n) is 1.09. The van der Waals surface area contributed by atoms with Crippen LogP contribution in [0.4, 0.5) is 10.5 Å². The SMILES string of the molecule is C=CCOC(=O)Nc1cc(C(=O)O)c(Cl)cc1Cl. The molecule has 0 saturated carbocycles. The predicted molar refractivity (Wildman–Crippen MR) is 68.6 cm³/mol. The Kier molecular flexibility index (Phi) is 5.00. The van der Waals surface area contributed by atoms with Crippen LogP contribution in [-0.2, 0) is 4.74 Å². The highest BCUT2D eigenvalue weighted by Crippen LogP contribution is 2.29. The van der Waals surface area contributed by atoms with Crippen molar-refractivity contribution in [3.8, 4) is 0 Å². The Morgan fingerprint density at radius 2 is 2.06 bits per heavy atom. The van der Waals surface area contributed by atoms with E-state index < -0.39 is 12.1 Å². The Morgan fingerprint density at radius 1 is 1.39 bits per heavy atom. The number of hydrogen-bond donors (Lipinski definition) is 2. The van der Waals surface area contributed by atoms with Crippen molar-refractivity contribution in [3.63, 3.8) is 0 Å². The van der Waals surface area contributed by atoms with Gasteiger partial charge in [-0.2, -0.15) is 0 Å². The van der Waals surface area contributed by atoms with Crippen LogP contribution in [0.5, 0.6) is 0 Å². The molecule has 1 amide bonds. The smallest absolute Gasteiger partial charge is 0.411 e. The van der Waals surface area contributed by atoms with E-state index in [9.17, 15) is 9.59 Å². The van der Waals surface area contributed by atoms with E-state index in [0.29, 0.717) is 0 Å². The summed E-state index contributed by atoms with van der Waals surface area (Å²) in [6.07, 6.45) is 0.626. The molecule has 7 heteroatoms. The summed E-state index contributed by atoms with van der Waals surface area (Å²) in [7, 11) is 0. The number of ether oxygens (including phenoxy) is 1. The van der Waals surface area contributed by atoms with Gasteiger partial charge in [0.25, 0.3) is 0 Å². The average molecular weight is 290 g/mol. The highest BCUT2D eigenvalue weighted by molar-refractivity contribution is 6.38. The molecular formula is C11H9Cl2NO4. The number of benzene rings is 1. The summed E-state index contributed by atoms with van der Waals surface area (Å²) in [5, 5.41) is 11.3. The van der Waals surface area contributed by atoms with Gasteiger partial charge in [0.1, 0.15) is 6.61 Å². The first kappa shape index (κ1) is 14.3. The fourth-order valence-corrected chi connectivity index (χ4v) is 1.60. The van der Waals surface area contributed by atoms with Crippen LogP contribution in [0, 0.1) is 0 Å². The van der Waals surface area contributed by atoms with Crippen LogP contribution in [0.3, 0.4) is 0 Å². The van der Waals surface area contributed by atoms with E-state index in [1.807, 2.05) is 0 Å². The third-order valence-electron chi connectivity index (χ3n) is 1.86. The number of halogens is 2. The number of amides is 1. The van der Waals surface area contributed by atoms with Crippen molar-refractivity contribution in [2.75, 3.05) is 11.9 Å². The maximum Gasteiger partial charge on any atom is 0.411 e. The Hall–Kier alpha value is -1.72. The number of carboxylic acid groups (broad SMARTS) is 1. The van der Waals surface area contributed by atoms with Gasteiger partial charge in [-0.15, -0.1) is 0 Å². The topological polar surface area (TPSA) is 75.6 Å². The lowest BCUT2D eigenvalue weighted by molar-refractivity contribution is 0.0697. The number of aromatic carboxylic acids is 1. The summed E-state index contributed by atoms with van der Waals surface area (Å²) in [4.78, 5) is 22.1. The van der Waals surface area contributed by atoms with Crippen molar-refractivity contribution in [1.82, 2.24) is 0 Å². The monoisotopic (exact) mass is 289 g/mol. The Balaban J connectivity index is 2.95. The van der Waals surface area contributed by atoms with E-state index in [1.54, 1.807) is 0 Å². The number of anilines is 1. The lowest BCUT2D eigenvalue weighted by Gasteiger charge is -2.09. The number of hydrogen-bond acceptors (Lipinski definition) is 3. The molecule has 1 aromatic carbocycles.